The van der Waals surface area contributed by atoms with Gasteiger partial charge in [-0.15, -0.1) is 0 Å². The monoisotopic (exact) mass is 255 g/mol. The number of unbranched alkanes of at least 4 members (excludes halogenated alkanes) is 1. The molecular weight excluding hydrogens is 234 g/mol. The van der Waals surface area contributed by atoms with Crippen molar-refractivity contribution in [1.82, 2.24) is 0 Å². The third-order valence-electron chi connectivity index (χ3n) is 3.26. The lowest BCUT2D eigenvalue weighted by Gasteiger charge is -2.10. The van der Waals surface area contributed by atoms with Crippen LogP contribution in [-0.4, -0.2) is 5.11 Å². The molecule has 0 radical (unpaired) electrons. The Hall–Kier alpha value is -1.96. The zero-order valence-corrected chi connectivity index (χ0v) is 11.6. The smallest absolute Gasteiger partial charge is 0.115 e. The molecule has 19 heavy (non-hydrogen) atoms. The van der Waals surface area contributed by atoms with Crippen molar-refractivity contribution in [3.63, 3.8) is 0 Å². The third kappa shape index (κ3) is 3.75. The first-order chi connectivity index (χ1) is 9.19. The van der Waals surface area contributed by atoms with E-state index >= 15 is 0 Å². The highest BCUT2D eigenvalue weighted by atomic mass is 16.3. The molecule has 2 nitrogen and oxygen atoms in total. The van der Waals surface area contributed by atoms with Gasteiger partial charge >= 0.3 is 0 Å². The summed E-state index contributed by atoms with van der Waals surface area (Å²) in [5, 5.41) is 12.8. The second kappa shape index (κ2) is 6.28. The van der Waals surface area contributed by atoms with Crippen molar-refractivity contribution in [1.29, 1.82) is 0 Å². The van der Waals surface area contributed by atoms with Crippen molar-refractivity contribution in [3.8, 4) is 5.75 Å². The van der Waals surface area contributed by atoms with E-state index in [1.54, 1.807) is 12.1 Å². The Kier molecular flexibility index (Phi) is 4.45. The van der Waals surface area contributed by atoms with Gasteiger partial charge in [-0.25, -0.2) is 0 Å². The lowest BCUT2D eigenvalue weighted by Crippen LogP contribution is -1.93. The number of phenols is 1. The predicted octanol–water partition coefficient (Wildman–Crippen LogP) is 4.79. The number of hydrogen-bond donors (Lipinski definition) is 2. The molecule has 0 aliphatic rings. The van der Waals surface area contributed by atoms with Crippen LogP contribution < -0.4 is 5.32 Å². The van der Waals surface area contributed by atoms with Crippen molar-refractivity contribution >= 4 is 11.4 Å². The van der Waals surface area contributed by atoms with E-state index in [-0.39, 0.29) is 0 Å². The molecule has 0 spiro atoms. The number of nitrogens with one attached hydrogen (secondary N) is 1. The number of rotatable bonds is 5. The molecule has 0 saturated carbocycles. The predicted molar refractivity (Wildman–Crippen MR) is 81.2 cm³/mol. The topological polar surface area (TPSA) is 32.3 Å². The van der Waals surface area contributed by atoms with Crippen LogP contribution in [-0.2, 0) is 6.42 Å². The number of phenolic OH excluding ortho intramolecular Hbond substituents is 1. The fraction of sp³-hybridized carbons (Fsp3) is 0.294. The molecule has 100 valence electrons. The molecule has 0 unspecified atom stereocenters. The molecule has 0 aliphatic heterocycles. The van der Waals surface area contributed by atoms with E-state index in [0.29, 0.717) is 5.75 Å². The van der Waals surface area contributed by atoms with E-state index in [2.05, 4.69) is 36.5 Å². The average molecular weight is 255 g/mol. The largest absolute Gasteiger partial charge is 0.508 e. The van der Waals surface area contributed by atoms with Gasteiger partial charge < -0.3 is 10.4 Å². The molecule has 0 fully saturated rings. The Labute approximate surface area is 115 Å². The molecule has 0 atom stereocenters. The fourth-order valence-corrected chi connectivity index (χ4v) is 2.08. The van der Waals surface area contributed by atoms with Crippen LogP contribution in [0.3, 0.4) is 0 Å². The van der Waals surface area contributed by atoms with Crippen molar-refractivity contribution < 1.29 is 5.11 Å². The zero-order chi connectivity index (χ0) is 13.7. The zero-order valence-electron chi connectivity index (χ0n) is 11.6. The first-order valence-electron chi connectivity index (χ1n) is 6.84. The molecule has 0 saturated heterocycles. The summed E-state index contributed by atoms with van der Waals surface area (Å²) in [5.74, 6) is 0.304. The Bertz CT molecular complexity index is 531. The van der Waals surface area contributed by atoms with Crippen LogP contribution >= 0.6 is 0 Å². The van der Waals surface area contributed by atoms with Crippen LogP contribution in [0.2, 0.25) is 0 Å². The summed E-state index contributed by atoms with van der Waals surface area (Å²) in [6.07, 6.45) is 3.62. The van der Waals surface area contributed by atoms with Gasteiger partial charge in [0, 0.05) is 11.4 Å². The first kappa shape index (κ1) is 13.5. The van der Waals surface area contributed by atoms with Gasteiger partial charge in [0.15, 0.2) is 0 Å². The van der Waals surface area contributed by atoms with Crippen LogP contribution in [0.5, 0.6) is 5.75 Å². The van der Waals surface area contributed by atoms with E-state index < -0.39 is 0 Å². The highest BCUT2D eigenvalue weighted by molar-refractivity contribution is 5.64. The maximum Gasteiger partial charge on any atom is 0.115 e. The van der Waals surface area contributed by atoms with Gasteiger partial charge in [0.1, 0.15) is 5.75 Å². The van der Waals surface area contributed by atoms with E-state index in [9.17, 15) is 5.11 Å². The molecule has 2 rings (SSSR count). The summed E-state index contributed by atoms with van der Waals surface area (Å²) in [6.45, 7) is 4.20. The standard InChI is InChI=1S/C17H21NO/c1-3-4-5-14-6-8-15(9-7-14)18-17-11-10-16(19)12-13(17)2/h6-12,18-19H,3-5H2,1-2H3. The normalized spacial score (nSPS) is 10.4. The second-order valence-electron chi connectivity index (χ2n) is 4.92. The Morgan fingerprint density at radius 3 is 2.42 bits per heavy atom. The fourth-order valence-electron chi connectivity index (χ4n) is 2.08. The maximum absolute atomic E-state index is 9.39. The van der Waals surface area contributed by atoms with E-state index in [0.717, 1.165) is 23.4 Å². The summed E-state index contributed by atoms with van der Waals surface area (Å²) in [7, 11) is 0. The Morgan fingerprint density at radius 2 is 1.79 bits per heavy atom. The van der Waals surface area contributed by atoms with Gasteiger partial charge in [-0.1, -0.05) is 25.5 Å². The number of aromatic hydroxyl groups is 1. The van der Waals surface area contributed by atoms with Crippen LogP contribution in [0.4, 0.5) is 11.4 Å². The quantitative estimate of drug-likeness (QED) is 0.753. The summed E-state index contributed by atoms with van der Waals surface area (Å²) < 4.78 is 0. The van der Waals surface area contributed by atoms with Gasteiger partial charge in [-0.2, -0.15) is 0 Å². The minimum atomic E-state index is 0.304. The lowest BCUT2D eigenvalue weighted by molar-refractivity contribution is 0.475. The van der Waals surface area contributed by atoms with Crippen LogP contribution in [0.1, 0.15) is 30.9 Å². The minimum absolute atomic E-state index is 0.304. The van der Waals surface area contributed by atoms with Gasteiger partial charge in [-0.05, 0) is 61.2 Å². The summed E-state index contributed by atoms with van der Waals surface area (Å²) >= 11 is 0. The molecule has 0 amide bonds. The highest BCUT2D eigenvalue weighted by Gasteiger charge is 2.00. The first-order valence-corrected chi connectivity index (χ1v) is 6.84. The summed E-state index contributed by atoms with van der Waals surface area (Å²) in [6, 6.07) is 13.9. The van der Waals surface area contributed by atoms with Crippen LogP contribution in [0, 0.1) is 6.92 Å². The molecule has 0 heterocycles. The number of benzene rings is 2. The van der Waals surface area contributed by atoms with Crippen molar-refractivity contribution in [3.05, 3.63) is 53.6 Å². The number of aryl methyl sites for hydroxylation is 2. The molecule has 2 aromatic carbocycles. The van der Waals surface area contributed by atoms with Crippen LogP contribution in [0.15, 0.2) is 42.5 Å². The second-order valence-corrected chi connectivity index (χ2v) is 4.92. The molecule has 0 bridgehead atoms. The Morgan fingerprint density at radius 1 is 1.05 bits per heavy atom. The van der Waals surface area contributed by atoms with E-state index in [1.165, 1.54) is 18.4 Å². The molecule has 2 aromatic rings. The van der Waals surface area contributed by atoms with Gasteiger partial charge in [0.05, 0.1) is 0 Å². The highest BCUT2D eigenvalue weighted by Crippen LogP contribution is 2.24. The van der Waals surface area contributed by atoms with Crippen molar-refractivity contribution in [2.24, 2.45) is 0 Å². The third-order valence-corrected chi connectivity index (χ3v) is 3.26. The molecule has 0 aromatic heterocycles. The Balaban J connectivity index is 2.06. The molecule has 2 N–H and O–H groups in total. The SMILES string of the molecule is CCCCc1ccc(Nc2ccc(O)cc2C)cc1. The van der Waals surface area contributed by atoms with Gasteiger partial charge in [-0.3, -0.25) is 0 Å². The molecule has 2 heteroatoms. The maximum atomic E-state index is 9.39. The summed E-state index contributed by atoms with van der Waals surface area (Å²) in [4.78, 5) is 0. The number of anilines is 2. The lowest BCUT2D eigenvalue weighted by atomic mass is 10.1. The van der Waals surface area contributed by atoms with E-state index in [4.69, 9.17) is 0 Å². The summed E-state index contributed by atoms with van der Waals surface area (Å²) in [5.41, 5.74) is 4.53. The van der Waals surface area contributed by atoms with Crippen molar-refractivity contribution in [2.75, 3.05) is 5.32 Å². The average Bonchev–Trinajstić information content (AvgIpc) is 2.41. The van der Waals surface area contributed by atoms with E-state index in [1.807, 2.05) is 13.0 Å². The van der Waals surface area contributed by atoms with Gasteiger partial charge in [0.25, 0.3) is 0 Å². The molecular formula is C17H21NO. The van der Waals surface area contributed by atoms with Crippen LogP contribution in [0.25, 0.3) is 0 Å². The minimum Gasteiger partial charge on any atom is -0.508 e. The van der Waals surface area contributed by atoms with Crippen molar-refractivity contribution in [2.45, 2.75) is 33.1 Å². The molecule has 0 aliphatic carbocycles. The van der Waals surface area contributed by atoms with Gasteiger partial charge in [0.2, 0.25) is 0 Å². The number of hydrogen-bond acceptors (Lipinski definition) is 2.